The molecule has 0 fully saturated rings. The fourth-order valence-corrected chi connectivity index (χ4v) is 2.87. The summed E-state index contributed by atoms with van der Waals surface area (Å²) in [6.45, 7) is 7.15. The maximum atomic E-state index is 3.82. The fraction of sp³-hybridized carbons (Fsp3) is 0.400. The second-order valence-corrected chi connectivity index (χ2v) is 5.71. The summed E-state index contributed by atoms with van der Waals surface area (Å²) in [7, 11) is 0. The fourth-order valence-electron chi connectivity index (χ4n) is 2.87. The topological polar surface area (TPSA) is 12.0 Å². The Kier molecular flexibility index (Phi) is 6.49. The van der Waals surface area contributed by atoms with E-state index in [0.717, 1.165) is 19.4 Å². The van der Waals surface area contributed by atoms with Crippen LogP contribution in [-0.4, -0.2) is 12.6 Å². The minimum atomic E-state index is 0.565. The van der Waals surface area contributed by atoms with Gasteiger partial charge in [0.05, 0.1) is 0 Å². The normalized spacial score (nSPS) is 12.4. The Bertz CT molecular complexity index is 553. The molecule has 112 valence electrons. The molecule has 2 rings (SSSR count). The third-order valence-corrected chi connectivity index (χ3v) is 3.99. The summed E-state index contributed by atoms with van der Waals surface area (Å²) >= 11 is 0. The molecule has 1 nitrogen and oxygen atoms in total. The zero-order chi connectivity index (χ0) is 14.9. The van der Waals surface area contributed by atoms with Crippen LogP contribution in [0.1, 0.15) is 38.2 Å². The first-order valence-corrected chi connectivity index (χ1v) is 8.16. The number of fused-ring (bicyclic) bond motifs is 1. The highest BCUT2D eigenvalue weighted by atomic mass is 14.9. The van der Waals surface area contributed by atoms with Crippen molar-refractivity contribution in [1.82, 2.24) is 5.32 Å². The molecule has 0 saturated heterocycles. The second-order valence-electron chi connectivity index (χ2n) is 5.71. The van der Waals surface area contributed by atoms with E-state index in [9.17, 15) is 0 Å². The van der Waals surface area contributed by atoms with E-state index in [4.69, 9.17) is 0 Å². The second kappa shape index (κ2) is 8.63. The van der Waals surface area contributed by atoms with E-state index >= 15 is 0 Å². The van der Waals surface area contributed by atoms with Crippen LogP contribution < -0.4 is 5.32 Å². The molecule has 21 heavy (non-hydrogen) atoms. The molecule has 1 unspecified atom stereocenters. The van der Waals surface area contributed by atoms with Gasteiger partial charge in [-0.05, 0) is 55.0 Å². The van der Waals surface area contributed by atoms with Gasteiger partial charge >= 0.3 is 0 Å². The number of benzene rings is 2. The van der Waals surface area contributed by atoms with E-state index in [1.54, 1.807) is 0 Å². The summed E-state index contributed by atoms with van der Waals surface area (Å²) in [4.78, 5) is 0. The minimum absolute atomic E-state index is 0.565. The zero-order valence-corrected chi connectivity index (χ0v) is 13.1. The van der Waals surface area contributed by atoms with Gasteiger partial charge in [0.25, 0.3) is 0 Å². The number of rotatable bonds is 9. The van der Waals surface area contributed by atoms with Crippen LogP contribution in [0.3, 0.4) is 0 Å². The van der Waals surface area contributed by atoms with Crippen molar-refractivity contribution in [2.45, 2.75) is 45.1 Å². The first kappa shape index (κ1) is 15.8. The van der Waals surface area contributed by atoms with Crippen molar-refractivity contribution < 1.29 is 0 Å². The highest BCUT2D eigenvalue weighted by Crippen LogP contribution is 2.21. The highest BCUT2D eigenvalue weighted by molar-refractivity contribution is 5.85. The first-order valence-electron chi connectivity index (χ1n) is 8.16. The van der Waals surface area contributed by atoms with Crippen LogP contribution in [0.15, 0.2) is 55.1 Å². The molecule has 0 heterocycles. The Balaban J connectivity index is 2.11. The molecule has 0 radical (unpaired) electrons. The molecule has 0 aromatic heterocycles. The molecule has 1 N–H and O–H groups in total. The standard InChI is InChI=1S/C20H27N/c1-3-5-6-13-19(21-15-4-2)16-18-12-9-11-17-10-7-8-14-20(17)18/h3,7-12,14,19,21H,1,4-6,13,15-16H2,2H3. The lowest BCUT2D eigenvalue weighted by molar-refractivity contribution is 0.467. The van der Waals surface area contributed by atoms with E-state index in [2.05, 4.69) is 61.3 Å². The van der Waals surface area contributed by atoms with Crippen LogP contribution in [0.4, 0.5) is 0 Å². The van der Waals surface area contributed by atoms with Gasteiger partial charge in [-0.3, -0.25) is 0 Å². The number of hydrogen-bond acceptors (Lipinski definition) is 1. The van der Waals surface area contributed by atoms with Gasteiger partial charge in [-0.1, -0.05) is 55.5 Å². The van der Waals surface area contributed by atoms with Gasteiger partial charge in [-0.25, -0.2) is 0 Å². The molecule has 0 aliphatic heterocycles. The van der Waals surface area contributed by atoms with Crippen molar-refractivity contribution in [3.05, 3.63) is 60.7 Å². The van der Waals surface area contributed by atoms with Crippen molar-refractivity contribution in [2.75, 3.05) is 6.54 Å². The Morgan fingerprint density at radius 1 is 1.14 bits per heavy atom. The molecule has 1 heteroatoms. The molecule has 0 amide bonds. The summed E-state index contributed by atoms with van der Waals surface area (Å²) in [6.07, 6.45) is 7.87. The lowest BCUT2D eigenvalue weighted by atomic mass is 9.96. The summed E-state index contributed by atoms with van der Waals surface area (Å²) < 4.78 is 0. The quantitative estimate of drug-likeness (QED) is 0.497. The summed E-state index contributed by atoms with van der Waals surface area (Å²) in [5.74, 6) is 0. The van der Waals surface area contributed by atoms with Gasteiger partial charge in [-0.15, -0.1) is 6.58 Å². The van der Waals surface area contributed by atoms with Crippen LogP contribution in [-0.2, 0) is 6.42 Å². The summed E-state index contributed by atoms with van der Waals surface area (Å²) in [5, 5.41) is 6.45. The third-order valence-electron chi connectivity index (χ3n) is 3.99. The molecule has 0 aliphatic rings. The largest absolute Gasteiger partial charge is 0.314 e. The summed E-state index contributed by atoms with van der Waals surface area (Å²) in [6, 6.07) is 15.9. The zero-order valence-electron chi connectivity index (χ0n) is 13.1. The van der Waals surface area contributed by atoms with Crippen molar-refractivity contribution in [1.29, 1.82) is 0 Å². The molecule has 2 aromatic carbocycles. The van der Waals surface area contributed by atoms with E-state index in [1.807, 2.05) is 6.08 Å². The number of unbranched alkanes of at least 4 members (excludes halogenated alkanes) is 1. The Morgan fingerprint density at radius 2 is 1.95 bits per heavy atom. The molecule has 0 saturated carbocycles. The lowest BCUT2D eigenvalue weighted by Crippen LogP contribution is -2.31. The Morgan fingerprint density at radius 3 is 2.76 bits per heavy atom. The Labute approximate surface area is 129 Å². The van der Waals surface area contributed by atoms with E-state index in [0.29, 0.717) is 6.04 Å². The lowest BCUT2D eigenvalue weighted by Gasteiger charge is -2.19. The van der Waals surface area contributed by atoms with E-state index in [1.165, 1.54) is 35.6 Å². The maximum absolute atomic E-state index is 3.82. The van der Waals surface area contributed by atoms with Crippen LogP contribution >= 0.6 is 0 Å². The SMILES string of the molecule is C=CCCCC(Cc1cccc2ccccc12)NCCC. The van der Waals surface area contributed by atoms with Gasteiger partial charge < -0.3 is 5.32 Å². The van der Waals surface area contributed by atoms with Gasteiger partial charge in [0, 0.05) is 6.04 Å². The van der Waals surface area contributed by atoms with Crippen molar-refractivity contribution in [3.63, 3.8) is 0 Å². The number of hydrogen-bond donors (Lipinski definition) is 1. The average molecular weight is 281 g/mol. The van der Waals surface area contributed by atoms with Crippen molar-refractivity contribution in [2.24, 2.45) is 0 Å². The number of allylic oxidation sites excluding steroid dienone is 1. The van der Waals surface area contributed by atoms with Gasteiger partial charge in [0.15, 0.2) is 0 Å². The van der Waals surface area contributed by atoms with Crippen molar-refractivity contribution in [3.8, 4) is 0 Å². The molecular weight excluding hydrogens is 254 g/mol. The molecule has 2 aromatic rings. The molecule has 0 spiro atoms. The van der Waals surface area contributed by atoms with Gasteiger partial charge in [0.1, 0.15) is 0 Å². The minimum Gasteiger partial charge on any atom is -0.314 e. The average Bonchev–Trinajstić information content (AvgIpc) is 2.53. The van der Waals surface area contributed by atoms with Gasteiger partial charge in [-0.2, -0.15) is 0 Å². The molecule has 0 bridgehead atoms. The highest BCUT2D eigenvalue weighted by Gasteiger charge is 2.10. The molecular formula is C20H27N. The third kappa shape index (κ3) is 4.71. The maximum Gasteiger partial charge on any atom is 0.0108 e. The van der Waals surface area contributed by atoms with Crippen molar-refractivity contribution >= 4 is 10.8 Å². The molecule has 1 atom stereocenters. The Hall–Kier alpha value is -1.60. The predicted molar refractivity (Wildman–Crippen MR) is 93.8 cm³/mol. The van der Waals surface area contributed by atoms with Crippen LogP contribution in [0.25, 0.3) is 10.8 Å². The number of nitrogens with one attached hydrogen (secondary N) is 1. The van der Waals surface area contributed by atoms with E-state index < -0.39 is 0 Å². The van der Waals surface area contributed by atoms with Crippen LogP contribution in [0, 0.1) is 0 Å². The van der Waals surface area contributed by atoms with Crippen LogP contribution in [0.5, 0.6) is 0 Å². The first-order chi connectivity index (χ1) is 10.3. The van der Waals surface area contributed by atoms with E-state index in [-0.39, 0.29) is 0 Å². The predicted octanol–water partition coefficient (Wildman–Crippen LogP) is 5.11. The smallest absolute Gasteiger partial charge is 0.0108 e. The van der Waals surface area contributed by atoms with Gasteiger partial charge in [0.2, 0.25) is 0 Å². The van der Waals surface area contributed by atoms with Crippen LogP contribution in [0.2, 0.25) is 0 Å². The monoisotopic (exact) mass is 281 g/mol. The molecule has 0 aliphatic carbocycles. The summed E-state index contributed by atoms with van der Waals surface area (Å²) in [5.41, 5.74) is 1.46.